The van der Waals surface area contributed by atoms with Crippen molar-refractivity contribution in [1.82, 2.24) is 0 Å². The molecule has 2 nitrogen and oxygen atoms in total. The Morgan fingerprint density at radius 2 is 1.54 bits per heavy atom. The van der Waals surface area contributed by atoms with Gasteiger partial charge in [-0.05, 0) is 34.1 Å². The van der Waals surface area contributed by atoms with Crippen LogP contribution < -0.4 is 0 Å². The summed E-state index contributed by atoms with van der Waals surface area (Å²) in [6, 6.07) is 0. The van der Waals surface area contributed by atoms with Crippen LogP contribution in [0.15, 0.2) is 0 Å². The van der Waals surface area contributed by atoms with Gasteiger partial charge in [-0.25, -0.2) is 4.39 Å². The number of hydrogen-bond donors (Lipinski definition) is 0. The maximum atomic E-state index is 12.8. The van der Waals surface area contributed by atoms with E-state index in [-0.39, 0.29) is 24.1 Å². The largest absolute Gasteiger partial charge is 0.464 e. The summed E-state index contributed by atoms with van der Waals surface area (Å²) in [5.41, 5.74) is -0.639. The van der Waals surface area contributed by atoms with Gasteiger partial charge >= 0.3 is 7.12 Å². The summed E-state index contributed by atoms with van der Waals surface area (Å²) in [5.74, 6) is -0.0268. The van der Waals surface area contributed by atoms with Crippen molar-refractivity contribution in [3.05, 3.63) is 0 Å². The first-order valence-corrected chi connectivity index (χ1v) is 4.83. The Hall–Kier alpha value is -0.0851. The molecule has 1 saturated carbocycles. The van der Waals surface area contributed by atoms with Crippen molar-refractivity contribution < 1.29 is 13.7 Å². The molecule has 1 saturated heterocycles. The monoisotopic (exact) mass is 186 g/mol. The average Bonchev–Trinajstić information content (AvgIpc) is 2.58. The van der Waals surface area contributed by atoms with E-state index >= 15 is 0 Å². The molecule has 74 valence electrons. The molecule has 0 aromatic heterocycles. The molecule has 0 amide bonds. The molecule has 13 heavy (non-hydrogen) atoms. The lowest BCUT2D eigenvalue weighted by atomic mass is 9.82. The number of hydrogen-bond acceptors (Lipinski definition) is 2. The summed E-state index contributed by atoms with van der Waals surface area (Å²) in [5, 5.41) is 0. The van der Waals surface area contributed by atoms with Gasteiger partial charge in [0.15, 0.2) is 0 Å². The van der Waals surface area contributed by atoms with Crippen molar-refractivity contribution in [3.8, 4) is 0 Å². The summed E-state index contributed by atoms with van der Waals surface area (Å²) in [7, 11) is -0.333. The van der Waals surface area contributed by atoms with Crippen molar-refractivity contribution in [2.24, 2.45) is 0 Å². The third-order valence-electron chi connectivity index (χ3n) is 3.38. The minimum Gasteiger partial charge on any atom is -0.403 e. The van der Waals surface area contributed by atoms with Gasteiger partial charge in [0.1, 0.15) is 6.17 Å². The Labute approximate surface area is 78.9 Å². The highest BCUT2D eigenvalue weighted by Gasteiger charge is 2.60. The van der Waals surface area contributed by atoms with Crippen LogP contribution in [0, 0.1) is 0 Å². The Morgan fingerprint density at radius 3 is 1.85 bits per heavy atom. The molecule has 0 spiro atoms. The SMILES string of the molecule is CC1(C)OB(C2CC2F)OC1(C)C. The molecule has 1 aliphatic heterocycles. The fourth-order valence-electron chi connectivity index (χ4n) is 1.53. The van der Waals surface area contributed by atoms with Gasteiger partial charge in [0.2, 0.25) is 0 Å². The average molecular weight is 186 g/mol. The van der Waals surface area contributed by atoms with Crippen LogP contribution in [-0.4, -0.2) is 24.5 Å². The second-order valence-corrected chi connectivity index (χ2v) is 5.04. The van der Waals surface area contributed by atoms with E-state index in [0.717, 1.165) is 0 Å². The van der Waals surface area contributed by atoms with Gasteiger partial charge in [-0.1, -0.05) is 0 Å². The molecule has 4 heteroatoms. The number of alkyl halides is 1. The molecule has 0 N–H and O–H groups in total. The predicted octanol–water partition coefficient (Wildman–Crippen LogP) is 2.19. The van der Waals surface area contributed by atoms with Crippen LogP contribution in [0.3, 0.4) is 0 Å². The fraction of sp³-hybridized carbons (Fsp3) is 1.00. The van der Waals surface area contributed by atoms with E-state index in [1.807, 2.05) is 27.7 Å². The summed E-state index contributed by atoms with van der Waals surface area (Å²) in [4.78, 5) is 0. The zero-order valence-corrected chi connectivity index (χ0v) is 8.63. The van der Waals surface area contributed by atoms with E-state index in [0.29, 0.717) is 6.42 Å². The van der Waals surface area contributed by atoms with Crippen molar-refractivity contribution in [2.45, 2.75) is 57.3 Å². The maximum Gasteiger partial charge on any atom is 0.464 e. The van der Waals surface area contributed by atoms with Gasteiger partial charge in [0, 0.05) is 5.82 Å². The Balaban J connectivity index is 2.07. The second-order valence-electron chi connectivity index (χ2n) is 5.04. The topological polar surface area (TPSA) is 18.5 Å². The molecule has 0 bridgehead atoms. The second kappa shape index (κ2) is 2.48. The van der Waals surface area contributed by atoms with Crippen molar-refractivity contribution in [2.75, 3.05) is 0 Å². The third-order valence-corrected chi connectivity index (χ3v) is 3.38. The summed E-state index contributed by atoms with van der Waals surface area (Å²) in [6.07, 6.45) is -0.119. The Kier molecular flexibility index (Phi) is 1.81. The van der Waals surface area contributed by atoms with Crippen LogP contribution in [0.2, 0.25) is 5.82 Å². The Morgan fingerprint density at radius 1 is 1.15 bits per heavy atom. The van der Waals surface area contributed by atoms with Gasteiger partial charge in [-0.15, -0.1) is 0 Å². The van der Waals surface area contributed by atoms with Crippen molar-refractivity contribution >= 4 is 7.12 Å². The van der Waals surface area contributed by atoms with E-state index in [9.17, 15) is 4.39 Å². The number of rotatable bonds is 1. The first-order chi connectivity index (χ1) is 5.83. The zero-order valence-electron chi connectivity index (χ0n) is 8.63. The Bertz CT molecular complexity index is 214. The first-order valence-electron chi connectivity index (χ1n) is 4.83. The smallest absolute Gasteiger partial charge is 0.403 e. The van der Waals surface area contributed by atoms with E-state index < -0.39 is 6.17 Å². The van der Waals surface area contributed by atoms with E-state index in [2.05, 4.69) is 0 Å². The first kappa shape index (κ1) is 9.47. The van der Waals surface area contributed by atoms with Crippen molar-refractivity contribution in [1.29, 1.82) is 0 Å². The maximum absolute atomic E-state index is 12.8. The van der Waals surface area contributed by atoms with Gasteiger partial charge in [0.05, 0.1) is 11.2 Å². The van der Waals surface area contributed by atoms with Gasteiger partial charge in [-0.3, -0.25) is 0 Å². The minimum absolute atomic E-state index is 0.0268. The summed E-state index contributed by atoms with van der Waals surface area (Å²) in [6.45, 7) is 7.95. The van der Waals surface area contributed by atoms with E-state index in [4.69, 9.17) is 9.31 Å². The fourth-order valence-corrected chi connectivity index (χ4v) is 1.53. The molecule has 1 aliphatic carbocycles. The van der Waals surface area contributed by atoms with Gasteiger partial charge in [0.25, 0.3) is 0 Å². The minimum atomic E-state index is -0.713. The lowest BCUT2D eigenvalue weighted by Crippen LogP contribution is -2.41. The van der Waals surface area contributed by atoms with Gasteiger partial charge < -0.3 is 9.31 Å². The summed E-state index contributed by atoms with van der Waals surface area (Å²) >= 11 is 0. The van der Waals surface area contributed by atoms with Gasteiger partial charge in [-0.2, -0.15) is 0 Å². The van der Waals surface area contributed by atoms with Crippen LogP contribution in [0.1, 0.15) is 34.1 Å². The highest BCUT2D eigenvalue weighted by atomic mass is 19.1. The van der Waals surface area contributed by atoms with Crippen LogP contribution in [0.25, 0.3) is 0 Å². The normalized spacial score (nSPS) is 40.8. The van der Waals surface area contributed by atoms with E-state index in [1.54, 1.807) is 0 Å². The lowest BCUT2D eigenvalue weighted by molar-refractivity contribution is 0.00578. The molecule has 2 unspecified atom stereocenters. The summed E-state index contributed by atoms with van der Waals surface area (Å²) < 4.78 is 24.2. The molecule has 2 aliphatic rings. The molecule has 1 heterocycles. The van der Waals surface area contributed by atoms with Crippen LogP contribution in [-0.2, 0) is 9.31 Å². The van der Waals surface area contributed by atoms with Crippen LogP contribution in [0.4, 0.5) is 4.39 Å². The molecule has 0 aromatic rings. The van der Waals surface area contributed by atoms with Crippen LogP contribution >= 0.6 is 0 Å². The molecule has 0 aromatic carbocycles. The molecule has 2 fully saturated rings. The van der Waals surface area contributed by atoms with Crippen molar-refractivity contribution in [3.63, 3.8) is 0 Å². The molecule has 0 radical (unpaired) electrons. The molecule has 2 atom stereocenters. The number of halogens is 1. The molecule has 2 rings (SSSR count). The highest BCUT2D eigenvalue weighted by molar-refractivity contribution is 6.49. The zero-order chi connectivity index (χ0) is 9.85. The highest BCUT2D eigenvalue weighted by Crippen LogP contribution is 2.50. The standard InChI is InChI=1S/C9H16BFO2/c1-8(2)9(3,4)13-10(12-8)6-5-7(6)11/h6-7H,5H2,1-4H3. The van der Waals surface area contributed by atoms with E-state index in [1.165, 1.54) is 0 Å². The lowest BCUT2D eigenvalue weighted by Gasteiger charge is -2.32. The van der Waals surface area contributed by atoms with Crippen LogP contribution in [0.5, 0.6) is 0 Å². The predicted molar refractivity (Wildman–Crippen MR) is 49.3 cm³/mol. The third kappa shape index (κ3) is 1.40. The molecular formula is C9H16BFO2. The molecular weight excluding hydrogens is 170 g/mol. The quantitative estimate of drug-likeness (QED) is 0.584.